The number of morpholine rings is 1. The van der Waals surface area contributed by atoms with E-state index in [1.165, 1.54) is 0 Å². The molecule has 1 N–H and O–H groups in total. The van der Waals surface area contributed by atoms with Gasteiger partial charge in [0.05, 0.1) is 48.8 Å². The fourth-order valence-corrected chi connectivity index (χ4v) is 4.85. The van der Waals surface area contributed by atoms with E-state index in [0.29, 0.717) is 19.4 Å². The van der Waals surface area contributed by atoms with Gasteiger partial charge in [-0.25, -0.2) is 4.79 Å². The number of aromatic nitrogens is 2. The molecule has 1 saturated carbocycles. The van der Waals surface area contributed by atoms with Crippen LogP contribution < -0.4 is 10.2 Å². The van der Waals surface area contributed by atoms with Crippen LogP contribution in [0.1, 0.15) is 59.4 Å². The molecule has 2 unspecified atom stereocenters. The smallest absolute Gasteiger partial charge is 0.444 e. The van der Waals surface area contributed by atoms with Crippen LogP contribution >= 0.6 is 0 Å². The Hall–Kier alpha value is -2.01. The lowest BCUT2D eigenvalue weighted by molar-refractivity contribution is -0.353. The zero-order chi connectivity index (χ0) is 23.3. The molecule has 3 fully saturated rings. The first-order valence-electron chi connectivity index (χ1n) is 11.1. The zero-order valence-electron chi connectivity index (χ0n) is 18.8. The van der Waals surface area contributed by atoms with Gasteiger partial charge in [-0.15, -0.1) is 13.2 Å². The third-order valence-corrected chi connectivity index (χ3v) is 6.28. The molecule has 1 aromatic rings. The maximum absolute atomic E-state index is 12.4. The number of nitrogens with one attached hydrogen (secondary N) is 1. The molecule has 0 aromatic carbocycles. The summed E-state index contributed by atoms with van der Waals surface area (Å²) in [6, 6.07) is -0.0200. The molecule has 4 rings (SSSR count). The highest BCUT2D eigenvalue weighted by molar-refractivity contribution is 5.68. The Morgan fingerprint density at radius 3 is 2.56 bits per heavy atom. The number of carbonyl (C=O) groups is 1. The maximum atomic E-state index is 12.4. The van der Waals surface area contributed by atoms with Crippen molar-refractivity contribution in [1.29, 1.82) is 0 Å². The number of amides is 1. The van der Waals surface area contributed by atoms with Gasteiger partial charge in [0.2, 0.25) is 0 Å². The number of alkyl carbamates (subject to hydrolysis) is 1. The number of halogens is 3. The fraction of sp³-hybridized carbons (Fsp3) is 0.810. The van der Waals surface area contributed by atoms with Gasteiger partial charge >= 0.3 is 12.5 Å². The van der Waals surface area contributed by atoms with Crippen molar-refractivity contribution in [2.45, 2.75) is 102 Å². The Morgan fingerprint density at radius 1 is 1.19 bits per heavy atom. The van der Waals surface area contributed by atoms with E-state index in [1.54, 1.807) is 10.9 Å². The second-order valence-corrected chi connectivity index (χ2v) is 9.97. The van der Waals surface area contributed by atoms with Crippen LogP contribution in [0.5, 0.6) is 0 Å². The number of hydrogen-bond donors (Lipinski definition) is 1. The van der Waals surface area contributed by atoms with Crippen LogP contribution in [0.15, 0.2) is 12.4 Å². The molecule has 32 heavy (non-hydrogen) atoms. The van der Waals surface area contributed by atoms with E-state index >= 15 is 0 Å². The predicted molar refractivity (Wildman–Crippen MR) is 109 cm³/mol. The molecule has 180 valence electrons. The number of carbonyl (C=O) groups excluding carboxylic acids is 1. The summed E-state index contributed by atoms with van der Waals surface area (Å²) in [6.07, 6.45) is -0.227. The predicted octanol–water partition coefficient (Wildman–Crippen LogP) is 3.77. The van der Waals surface area contributed by atoms with E-state index in [2.05, 4.69) is 20.1 Å². The minimum atomic E-state index is -4.60. The molecule has 8 nitrogen and oxygen atoms in total. The molecule has 1 aliphatic carbocycles. The van der Waals surface area contributed by atoms with Crippen molar-refractivity contribution in [1.82, 2.24) is 15.1 Å². The molecule has 2 bridgehead atoms. The van der Waals surface area contributed by atoms with Gasteiger partial charge in [0.15, 0.2) is 0 Å². The van der Waals surface area contributed by atoms with E-state index in [1.807, 2.05) is 33.9 Å². The van der Waals surface area contributed by atoms with Crippen LogP contribution in [0.3, 0.4) is 0 Å². The number of piperidine rings is 1. The third-order valence-electron chi connectivity index (χ3n) is 6.28. The molecule has 3 heterocycles. The van der Waals surface area contributed by atoms with E-state index in [-0.39, 0.29) is 43.1 Å². The first-order chi connectivity index (χ1) is 14.9. The number of anilines is 1. The second kappa shape index (κ2) is 8.40. The lowest BCUT2D eigenvalue weighted by atomic mass is 9.86. The number of fused-ring (bicyclic) bond motifs is 2. The summed E-state index contributed by atoms with van der Waals surface area (Å²) in [4.78, 5) is 14.5. The van der Waals surface area contributed by atoms with Gasteiger partial charge < -0.3 is 19.7 Å². The molecule has 3 aliphatic rings. The van der Waals surface area contributed by atoms with E-state index in [9.17, 15) is 18.0 Å². The number of alkyl halides is 3. The summed E-state index contributed by atoms with van der Waals surface area (Å²) in [7, 11) is 0. The zero-order valence-corrected chi connectivity index (χ0v) is 18.8. The average molecular weight is 460 g/mol. The summed E-state index contributed by atoms with van der Waals surface area (Å²) < 4.78 is 54.3. The summed E-state index contributed by atoms with van der Waals surface area (Å²) in [5.41, 5.74) is 0.364. The standard InChI is InChI=1S/C21H31F3N4O4/c1-12-18-6-13(26-19(29)32-20(2,3)4)5-15(11-30-12)28(18)16-9-25-27(10-16)14-7-17(8-14)31-21(22,23)24/h9-10,12-15,17-18H,5-8,11H2,1-4H3,(H,26,29)/t12-,13-,14?,15?,17?,18?/m1/s1. The van der Waals surface area contributed by atoms with Crippen molar-refractivity contribution < 1.29 is 32.2 Å². The van der Waals surface area contributed by atoms with E-state index < -0.39 is 24.2 Å². The molecule has 11 heteroatoms. The van der Waals surface area contributed by atoms with Crippen LogP contribution in [0.2, 0.25) is 0 Å². The molecule has 0 spiro atoms. The molecule has 1 amide bonds. The van der Waals surface area contributed by atoms with Crippen molar-refractivity contribution in [3.63, 3.8) is 0 Å². The quantitative estimate of drug-likeness (QED) is 0.737. The minimum absolute atomic E-state index is 0.0237. The number of nitrogens with zero attached hydrogens (tertiary/aromatic N) is 3. The SMILES string of the molecule is C[C@H]1OCC2C[C@@H](NC(=O)OC(C)(C)C)CC1N2c1cnn(C2CC(OC(F)(F)F)C2)c1. The number of rotatable bonds is 4. The maximum Gasteiger partial charge on any atom is 0.522 e. The van der Waals surface area contributed by atoms with Gasteiger partial charge in [-0.1, -0.05) is 0 Å². The van der Waals surface area contributed by atoms with Crippen molar-refractivity contribution >= 4 is 11.8 Å². The van der Waals surface area contributed by atoms with Gasteiger partial charge in [-0.3, -0.25) is 9.42 Å². The Bertz CT molecular complexity index is 819. The molecule has 1 aromatic heterocycles. The Morgan fingerprint density at radius 2 is 1.91 bits per heavy atom. The third kappa shape index (κ3) is 5.31. The van der Waals surface area contributed by atoms with Crippen LogP contribution in [-0.4, -0.2) is 64.8 Å². The van der Waals surface area contributed by atoms with Gasteiger partial charge in [0.25, 0.3) is 0 Å². The summed E-state index contributed by atoms with van der Waals surface area (Å²) in [6.45, 7) is 8.03. The first kappa shape index (κ1) is 23.2. The van der Waals surface area contributed by atoms with Crippen molar-refractivity contribution in [3.05, 3.63) is 12.4 Å². The van der Waals surface area contributed by atoms with Crippen LogP contribution in [0.25, 0.3) is 0 Å². The summed E-state index contributed by atoms with van der Waals surface area (Å²) >= 11 is 0. The summed E-state index contributed by atoms with van der Waals surface area (Å²) in [5, 5.41) is 7.40. The largest absolute Gasteiger partial charge is 0.522 e. The van der Waals surface area contributed by atoms with Crippen LogP contribution in [0, 0.1) is 0 Å². The lowest BCUT2D eigenvalue weighted by Crippen LogP contribution is -2.63. The Labute approximate surface area is 185 Å². The molecule has 4 atom stereocenters. The Kier molecular flexibility index (Phi) is 6.08. The van der Waals surface area contributed by atoms with Crippen molar-refractivity contribution in [3.8, 4) is 0 Å². The molecule has 2 aliphatic heterocycles. The first-order valence-corrected chi connectivity index (χ1v) is 11.1. The number of hydrogen-bond acceptors (Lipinski definition) is 6. The van der Waals surface area contributed by atoms with Crippen LogP contribution in [0.4, 0.5) is 23.7 Å². The van der Waals surface area contributed by atoms with E-state index in [4.69, 9.17) is 9.47 Å². The highest BCUT2D eigenvalue weighted by Gasteiger charge is 2.45. The number of ether oxygens (including phenoxy) is 3. The normalized spacial score (nSPS) is 32.9. The van der Waals surface area contributed by atoms with Gasteiger partial charge in [-0.2, -0.15) is 5.10 Å². The van der Waals surface area contributed by atoms with Gasteiger partial charge in [0.1, 0.15) is 5.60 Å². The van der Waals surface area contributed by atoms with Gasteiger partial charge in [0, 0.05) is 12.2 Å². The Balaban J connectivity index is 1.39. The molecule has 2 saturated heterocycles. The van der Waals surface area contributed by atoms with Gasteiger partial charge in [-0.05, 0) is 53.4 Å². The highest BCUT2D eigenvalue weighted by atomic mass is 19.4. The van der Waals surface area contributed by atoms with Crippen molar-refractivity contribution in [2.24, 2.45) is 0 Å². The highest BCUT2D eigenvalue weighted by Crippen LogP contribution is 2.40. The lowest BCUT2D eigenvalue weighted by Gasteiger charge is -2.52. The van der Waals surface area contributed by atoms with Crippen LogP contribution in [-0.2, 0) is 14.2 Å². The molecular formula is C21H31F3N4O4. The second-order valence-electron chi connectivity index (χ2n) is 9.97. The molecule has 0 radical (unpaired) electrons. The topological polar surface area (TPSA) is 77.9 Å². The minimum Gasteiger partial charge on any atom is -0.444 e. The fourth-order valence-electron chi connectivity index (χ4n) is 4.85. The average Bonchev–Trinajstić information content (AvgIpc) is 3.07. The monoisotopic (exact) mass is 460 g/mol. The van der Waals surface area contributed by atoms with E-state index in [0.717, 1.165) is 5.69 Å². The van der Waals surface area contributed by atoms with Crippen molar-refractivity contribution in [2.75, 3.05) is 11.5 Å². The summed E-state index contributed by atoms with van der Waals surface area (Å²) in [5.74, 6) is 0. The molecular weight excluding hydrogens is 429 g/mol.